The Kier molecular flexibility index (Phi) is 2.61. The van der Waals surface area contributed by atoms with Gasteiger partial charge in [-0.05, 0) is 29.6 Å². The highest BCUT2D eigenvalue weighted by Crippen LogP contribution is 2.08. The lowest BCUT2D eigenvalue weighted by atomic mass is 10.2. The van der Waals surface area contributed by atoms with Gasteiger partial charge in [-0.3, -0.25) is 0 Å². The van der Waals surface area contributed by atoms with Crippen molar-refractivity contribution in [1.29, 1.82) is 0 Å². The number of rotatable bonds is 2. The summed E-state index contributed by atoms with van der Waals surface area (Å²) < 4.78 is 12.5. The highest BCUT2D eigenvalue weighted by atomic mass is 19.1. The van der Waals surface area contributed by atoms with Crippen LogP contribution in [0.4, 0.5) is 4.39 Å². The molecule has 0 bridgehead atoms. The molecule has 0 fully saturated rings. The Morgan fingerprint density at radius 3 is 3.08 bits per heavy atom. The Morgan fingerprint density at radius 2 is 2.50 bits per heavy atom. The maximum atomic E-state index is 12.5. The van der Waals surface area contributed by atoms with Crippen LogP contribution in [0, 0.1) is 12.9 Å². The predicted octanol–water partition coefficient (Wildman–Crippen LogP) is 2.34. The molecule has 1 rings (SSSR count). The lowest BCUT2D eigenvalue weighted by molar-refractivity contribution is 0.580. The van der Waals surface area contributed by atoms with E-state index in [9.17, 15) is 4.39 Å². The molecule has 0 atom stereocenters. The molecule has 0 aliphatic heterocycles. The van der Waals surface area contributed by atoms with E-state index in [-0.39, 0.29) is 6.54 Å². The summed E-state index contributed by atoms with van der Waals surface area (Å²) in [6, 6.07) is 1.31. The number of aromatic nitrogens is 1. The SMILES string of the molecule is Cc1cc(F)ncc1CN=[N+]=[N-]. The Morgan fingerprint density at radius 1 is 1.75 bits per heavy atom. The number of aryl methyl sites for hydroxylation is 1. The third-order valence-corrected chi connectivity index (χ3v) is 1.49. The molecule has 0 saturated heterocycles. The predicted molar refractivity (Wildman–Crippen MR) is 41.8 cm³/mol. The molecule has 0 amide bonds. The van der Waals surface area contributed by atoms with E-state index in [1.807, 2.05) is 0 Å². The van der Waals surface area contributed by atoms with Crippen molar-refractivity contribution in [2.24, 2.45) is 5.11 Å². The maximum absolute atomic E-state index is 12.5. The van der Waals surface area contributed by atoms with Gasteiger partial charge in [-0.15, -0.1) is 0 Å². The summed E-state index contributed by atoms with van der Waals surface area (Å²) in [5, 5.41) is 3.35. The van der Waals surface area contributed by atoms with Crippen molar-refractivity contribution in [3.05, 3.63) is 39.8 Å². The lowest BCUT2D eigenvalue weighted by Gasteiger charge is -1.99. The van der Waals surface area contributed by atoms with Gasteiger partial charge in [0.15, 0.2) is 0 Å². The van der Waals surface area contributed by atoms with Gasteiger partial charge in [-0.25, -0.2) is 4.98 Å². The first-order valence-electron chi connectivity index (χ1n) is 3.36. The first kappa shape index (κ1) is 8.49. The van der Waals surface area contributed by atoms with Gasteiger partial charge in [0.2, 0.25) is 5.95 Å². The van der Waals surface area contributed by atoms with Gasteiger partial charge in [0.1, 0.15) is 0 Å². The zero-order chi connectivity index (χ0) is 8.97. The normalized spacial score (nSPS) is 9.17. The van der Waals surface area contributed by atoms with Gasteiger partial charge in [0.05, 0.1) is 6.54 Å². The Bertz CT molecular complexity index is 330. The summed E-state index contributed by atoms with van der Waals surface area (Å²) in [7, 11) is 0. The van der Waals surface area contributed by atoms with Crippen LogP contribution in [-0.4, -0.2) is 4.98 Å². The van der Waals surface area contributed by atoms with Crippen molar-refractivity contribution in [2.45, 2.75) is 13.5 Å². The summed E-state index contributed by atoms with van der Waals surface area (Å²) in [5.41, 5.74) is 9.53. The largest absolute Gasteiger partial charge is 0.228 e. The van der Waals surface area contributed by atoms with E-state index in [1.165, 1.54) is 12.3 Å². The van der Waals surface area contributed by atoms with Crippen molar-refractivity contribution in [3.63, 3.8) is 0 Å². The van der Waals surface area contributed by atoms with Crippen LogP contribution >= 0.6 is 0 Å². The van der Waals surface area contributed by atoms with Gasteiger partial charge in [-0.2, -0.15) is 4.39 Å². The fourth-order valence-corrected chi connectivity index (χ4v) is 0.823. The van der Waals surface area contributed by atoms with Crippen LogP contribution in [0.3, 0.4) is 0 Å². The topological polar surface area (TPSA) is 61.7 Å². The molecule has 0 radical (unpaired) electrons. The van der Waals surface area contributed by atoms with Crippen molar-refractivity contribution in [2.75, 3.05) is 0 Å². The van der Waals surface area contributed by atoms with Crippen molar-refractivity contribution < 1.29 is 4.39 Å². The van der Waals surface area contributed by atoms with Crippen LogP contribution < -0.4 is 0 Å². The summed E-state index contributed by atoms with van der Waals surface area (Å²) in [4.78, 5) is 6.04. The number of hydrogen-bond donors (Lipinski definition) is 0. The standard InChI is InChI=1S/C7H7FN4/c1-5-2-7(8)10-3-6(5)4-11-12-9/h2-3H,4H2,1H3. The third-order valence-electron chi connectivity index (χ3n) is 1.49. The molecule has 0 spiro atoms. The molecule has 0 aliphatic rings. The van der Waals surface area contributed by atoms with Crippen molar-refractivity contribution >= 4 is 0 Å². The van der Waals surface area contributed by atoms with E-state index >= 15 is 0 Å². The second-order valence-electron chi connectivity index (χ2n) is 2.32. The number of halogens is 1. The molecule has 5 heteroatoms. The van der Waals surface area contributed by atoms with E-state index in [1.54, 1.807) is 6.92 Å². The van der Waals surface area contributed by atoms with E-state index in [2.05, 4.69) is 15.0 Å². The maximum Gasteiger partial charge on any atom is 0.213 e. The first-order chi connectivity index (χ1) is 5.74. The molecule has 0 aromatic carbocycles. The molecule has 0 aliphatic carbocycles. The van der Waals surface area contributed by atoms with Crippen molar-refractivity contribution in [3.8, 4) is 0 Å². The van der Waals surface area contributed by atoms with Gasteiger partial charge >= 0.3 is 0 Å². The number of pyridine rings is 1. The van der Waals surface area contributed by atoms with Crippen LogP contribution in [0.2, 0.25) is 0 Å². The molecule has 4 nitrogen and oxygen atoms in total. The van der Waals surface area contributed by atoms with E-state index in [4.69, 9.17) is 5.53 Å². The van der Waals surface area contributed by atoms with E-state index in [0.29, 0.717) is 0 Å². The van der Waals surface area contributed by atoms with E-state index in [0.717, 1.165) is 11.1 Å². The average Bonchev–Trinajstić information content (AvgIpc) is 2.03. The number of hydrogen-bond acceptors (Lipinski definition) is 2. The molecule has 0 saturated carbocycles. The molecular weight excluding hydrogens is 159 g/mol. The minimum absolute atomic E-state index is 0.218. The lowest BCUT2D eigenvalue weighted by Crippen LogP contribution is -1.91. The van der Waals surface area contributed by atoms with Crippen LogP contribution in [0.25, 0.3) is 10.4 Å². The summed E-state index contributed by atoms with van der Waals surface area (Å²) in [5.74, 6) is -0.516. The zero-order valence-corrected chi connectivity index (χ0v) is 6.53. The smallest absolute Gasteiger partial charge is 0.213 e. The minimum Gasteiger partial charge on any atom is -0.228 e. The van der Waals surface area contributed by atoms with Crippen LogP contribution in [0.5, 0.6) is 0 Å². The molecule has 1 aromatic rings. The summed E-state index contributed by atoms with van der Waals surface area (Å²) >= 11 is 0. The Hall–Kier alpha value is -1.61. The van der Waals surface area contributed by atoms with Crippen molar-refractivity contribution in [1.82, 2.24) is 4.98 Å². The fraction of sp³-hybridized carbons (Fsp3) is 0.286. The molecule has 0 N–H and O–H groups in total. The molecule has 62 valence electrons. The molecule has 0 unspecified atom stereocenters. The molecule has 1 heterocycles. The van der Waals surface area contributed by atoms with E-state index < -0.39 is 5.95 Å². The van der Waals surface area contributed by atoms with Crippen LogP contribution in [-0.2, 0) is 6.54 Å². The summed E-state index contributed by atoms with van der Waals surface area (Å²) in [6.07, 6.45) is 1.37. The molecule has 1 aromatic heterocycles. The second-order valence-corrected chi connectivity index (χ2v) is 2.32. The Balaban J connectivity index is 2.93. The van der Waals surface area contributed by atoms with Crippen LogP contribution in [0.1, 0.15) is 11.1 Å². The minimum atomic E-state index is -0.516. The molecule has 12 heavy (non-hydrogen) atoms. The highest BCUT2D eigenvalue weighted by Gasteiger charge is 1.98. The molecular formula is C7H7FN4. The first-order valence-corrected chi connectivity index (χ1v) is 3.36. The van der Waals surface area contributed by atoms with Gasteiger partial charge < -0.3 is 0 Å². The quantitative estimate of drug-likeness (QED) is 0.288. The van der Waals surface area contributed by atoms with Gasteiger partial charge in [0, 0.05) is 11.1 Å². The fourth-order valence-electron chi connectivity index (χ4n) is 0.823. The summed E-state index contributed by atoms with van der Waals surface area (Å²) in [6.45, 7) is 1.96. The zero-order valence-electron chi connectivity index (χ0n) is 6.53. The number of nitrogens with zero attached hydrogens (tertiary/aromatic N) is 4. The van der Waals surface area contributed by atoms with Crippen LogP contribution in [0.15, 0.2) is 17.4 Å². The van der Waals surface area contributed by atoms with Gasteiger partial charge in [0.25, 0.3) is 0 Å². The Labute approximate surface area is 68.7 Å². The second kappa shape index (κ2) is 3.69. The van der Waals surface area contributed by atoms with Gasteiger partial charge in [-0.1, -0.05) is 5.11 Å². The third kappa shape index (κ3) is 1.93. The number of azide groups is 1. The monoisotopic (exact) mass is 166 g/mol. The highest BCUT2D eigenvalue weighted by molar-refractivity contribution is 5.21. The average molecular weight is 166 g/mol.